The fourth-order valence-corrected chi connectivity index (χ4v) is 4.66. The van der Waals surface area contributed by atoms with Gasteiger partial charge in [0.05, 0.1) is 21.3 Å². The number of amides is 1. The molecule has 3 aromatic carbocycles. The van der Waals surface area contributed by atoms with Crippen LogP contribution in [-0.2, 0) is 16.0 Å². The number of nitrogens with one attached hydrogen (secondary N) is 1. The van der Waals surface area contributed by atoms with E-state index in [2.05, 4.69) is 25.6 Å². The molecule has 0 saturated heterocycles. The third-order valence-corrected chi connectivity index (χ3v) is 7.14. The van der Waals surface area contributed by atoms with Gasteiger partial charge in [-0.15, -0.1) is 0 Å². The molecule has 12 nitrogen and oxygen atoms in total. The van der Waals surface area contributed by atoms with Crippen LogP contribution in [0.3, 0.4) is 0 Å². The summed E-state index contributed by atoms with van der Waals surface area (Å²) in [6.07, 6.45) is -0.201. The van der Waals surface area contributed by atoms with Crippen molar-refractivity contribution < 1.29 is 32.8 Å². The number of Topliss-reactive ketones (excluding diaryl/α,β-unsaturated/α-hetero) is 1. The Morgan fingerprint density at radius 2 is 1.31 bits per heavy atom. The highest BCUT2D eigenvalue weighted by molar-refractivity contribution is 5.95. The van der Waals surface area contributed by atoms with Gasteiger partial charge in [0.25, 0.3) is 0 Å². The van der Waals surface area contributed by atoms with E-state index < -0.39 is 5.92 Å². The maximum absolute atomic E-state index is 13.6. The first-order valence-electron chi connectivity index (χ1n) is 14.2. The van der Waals surface area contributed by atoms with Crippen molar-refractivity contribution in [3.63, 3.8) is 0 Å². The quantitative estimate of drug-likeness (QED) is 0.173. The van der Waals surface area contributed by atoms with E-state index in [-0.39, 0.29) is 42.7 Å². The van der Waals surface area contributed by atoms with Crippen molar-refractivity contribution in [1.82, 2.24) is 20.3 Å². The van der Waals surface area contributed by atoms with E-state index in [0.29, 0.717) is 34.6 Å². The fraction of sp³-hybridized carbons (Fsp3) is 0.273. The predicted octanol–water partition coefficient (Wildman–Crippen LogP) is 5.74. The number of methoxy groups -OCH3 is 3. The fourth-order valence-electron chi connectivity index (χ4n) is 4.66. The molecule has 0 unspecified atom stereocenters. The second kappa shape index (κ2) is 13.8. The molecule has 1 atom stereocenters. The molecule has 5 rings (SSSR count). The van der Waals surface area contributed by atoms with Gasteiger partial charge in [0, 0.05) is 48.2 Å². The number of anilines is 1. The topological polar surface area (TPSA) is 152 Å². The highest BCUT2D eigenvalue weighted by Gasteiger charge is 2.30. The monoisotopic (exact) mass is 611 g/mol. The summed E-state index contributed by atoms with van der Waals surface area (Å²) < 4.78 is 27.1. The minimum atomic E-state index is -0.919. The third kappa shape index (κ3) is 7.35. The van der Waals surface area contributed by atoms with Gasteiger partial charge in [-0.05, 0) is 13.8 Å². The van der Waals surface area contributed by atoms with Crippen molar-refractivity contribution in [2.45, 2.75) is 39.0 Å². The Hall–Kier alpha value is -5.52. The number of hydrogen-bond acceptors (Lipinski definition) is 11. The number of ketones is 1. The molecule has 0 saturated carbocycles. The van der Waals surface area contributed by atoms with E-state index >= 15 is 0 Å². The molecular formula is C33H33N5O7. The lowest BCUT2D eigenvalue weighted by atomic mass is 9.96. The van der Waals surface area contributed by atoms with Crippen LogP contribution < -0.4 is 19.5 Å². The van der Waals surface area contributed by atoms with Gasteiger partial charge in [-0.3, -0.25) is 9.59 Å². The van der Waals surface area contributed by atoms with E-state index in [4.69, 9.17) is 23.3 Å². The van der Waals surface area contributed by atoms with Crippen LogP contribution in [0.5, 0.6) is 17.2 Å². The van der Waals surface area contributed by atoms with Crippen LogP contribution >= 0.6 is 0 Å². The van der Waals surface area contributed by atoms with Crippen LogP contribution in [0.2, 0.25) is 0 Å². The van der Waals surface area contributed by atoms with Gasteiger partial charge >= 0.3 is 0 Å². The molecule has 0 aliphatic carbocycles. The summed E-state index contributed by atoms with van der Waals surface area (Å²) in [6, 6.07) is 18.5. The van der Waals surface area contributed by atoms with Crippen LogP contribution in [0.1, 0.15) is 41.7 Å². The smallest absolute Gasteiger partial charge is 0.238 e. The van der Waals surface area contributed by atoms with Crippen LogP contribution in [0.4, 0.5) is 5.69 Å². The van der Waals surface area contributed by atoms with Gasteiger partial charge in [0.15, 0.2) is 11.5 Å². The molecular weight excluding hydrogens is 578 g/mol. The number of hydrogen-bond donors (Lipinski definition) is 1. The molecule has 0 spiro atoms. The van der Waals surface area contributed by atoms with Crippen LogP contribution in [0, 0.1) is 13.8 Å². The Kier molecular flexibility index (Phi) is 9.51. The van der Waals surface area contributed by atoms with Crippen molar-refractivity contribution in [2.75, 3.05) is 26.6 Å². The first-order chi connectivity index (χ1) is 21.8. The lowest BCUT2D eigenvalue weighted by Crippen LogP contribution is -2.19. The normalized spacial score (nSPS) is 11.6. The highest BCUT2D eigenvalue weighted by Crippen LogP contribution is 2.40. The number of aryl methyl sites for hydroxylation is 2. The second-order valence-electron chi connectivity index (χ2n) is 10.4. The summed E-state index contributed by atoms with van der Waals surface area (Å²) in [5.41, 5.74) is 4.13. The summed E-state index contributed by atoms with van der Waals surface area (Å²) in [6.45, 7) is 3.97. The molecule has 0 aliphatic rings. The lowest BCUT2D eigenvalue weighted by molar-refractivity contribution is -0.124. The molecule has 5 aromatic rings. The molecule has 1 N–H and O–H groups in total. The van der Waals surface area contributed by atoms with Crippen molar-refractivity contribution in [1.29, 1.82) is 0 Å². The zero-order valence-corrected chi connectivity index (χ0v) is 25.6. The van der Waals surface area contributed by atoms with Crippen LogP contribution in [0.25, 0.3) is 22.8 Å². The van der Waals surface area contributed by atoms with Gasteiger partial charge in [0.2, 0.25) is 35.1 Å². The molecule has 0 radical (unpaired) electrons. The summed E-state index contributed by atoms with van der Waals surface area (Å²) in [4.78, 5) is 35.6. The minimum absolute atomic E-state index is 0.0156. The van der Waals surface area contributed by atoms with Gasteiger partial charge in [-0.25, -0.2) is 0 Å². The number of ether oxygens (including phenoxy) is 3. The van der Waals surface area contributed by atoms with Crippen molar-refractivity contribution in [3.8, 4) is 40.0 Å². The number of nitrogens with zero attached hydrogens (tertiary/aromatic N) is 4. The maximum Gasteiger partial charge on any atom is 0.238 e. The number of benzene rings is 3. The SMILES string of the molecule is COc1cc(NC(=O)CCC(=O)[C@@H](Cc2nc(-c3ccc(C)cc3)no2)c2nc(-c3ccc(C)cc3)no2)cc(OC)c1OC. The standard InChI is InChI=1S/C33H33N5O7/c1-19-6-10-21(11-7-19)31-35-29(44-37-31)18-24(33-36-32(38-45-33)22-12-8-20(2)9-13-22)25(39)14-15-28(40)34-23-16-26(41-3)30(43-5)27(17-23)42-4/h6-13,16-17,24H,14-15,18H2,1-5H3,(H,34,40)/t24-/m1/s1. The lowest BCUT2D eigenvalue weighted by Gasteiger charge is -2.15. The molecule has 0 aliphatic heterocycles. The molecule has 2 aromatic heterocycles. The molecule has 45 heavy (non-hydrogen) atoms. The first kappa shape index (κ1) is 30.9. The predicted molar refractivity (Wildman–Crippen MR) is 164 cm³/mol. The zero-order chi connectivity index (χ0) is 31.9. The second-order valence-corrected chi connectivity index (χ2v) is 10.4. The Balaban J connectivity index is 1.34. The average molecular weight is 612 g/mol. The number of aromatic nitrogens is 4. The van der Waals surface area contributed by atoms with Crippen molar-refractivity contribution >= 4 is 17.4 Å². The largest absolute Gasteiger partial charge is 0.493 e. The summed E-state index contributed by atoms with van der Waals surface area (Å²) >= 11 is 0. The van der Waals surface area contributed by atoms with Gasteiger partial charge < -0.3 is 28.6 Å². The number of rotatable bonds is 13. The highest BCUT2D eigenvalue weighted by atomic mass is 16.5. The summed E-state index contributed by atoms with van der Waals surface area (Å²) in [5.74, 6) is 0.606. The Morgan fingerprint density at radius 3 is 1.87 bits per heavy atom. The first-order valence-corrected chi connectivity index (χ1v) is 14.2. The van der Waals surface area contributed by atoms with Crippen LogP contribution in [0.15, 0.2) is 69.7 Å². The van der Waals surface area contributed by atoms with Gasteiger partial charge in [-0.1, -0.05) is 70.0 Å². The summed E-state index contributed by atoms with van der Waals surface area (Å²) in [5, 5.41) is 11.0. The Morgan fingerprint density at radius 1 is 0.756 bits per heavy atom. The van der Waals surface area contributed by atoms with E-state index in [1.807, 2.05) is 62.4 Å². The molecule has 232 valence electrons. The van der Waals surface area contributed by atoms with E-state index in [9.17, 15) is 9.59 Å². The third-order valence-electron chi connectivity index (χ3n) is 7.14. The van der Waals surface area contributed by atoms with E-state index in [0.717, 1.165) is 22.3 Å². The van der Waals surface area contributed by atoms with Crippen molar-refractivity contribution in [2.24, 2.45) is 0 Å². The molecule has 0 fully saturated rings. The molecule has 1 amide bonds. The molecule has 12 heteroatoms. The van der Waals surface area contributed by atoms with Crippen LogP contribution in [-0.4, -0.2) is 53.3 Å². The molecule has 0 bridgehead atoms. The van der Waals surface area contributed by atoms with E-state index in [1.165, 1.54) is 21.3 Å². The molecule has 2 heterocycles. The van der Waals surface area contributed by atoms with Gasteiger partial charge in [0.1, 0.15) is 11.7 Å². The Labute approximate surface area is 259 Å². The average Bonchev–Trinajstić information content (AvgIpc) is 3.73. The van der Waals surface area contributed by atoms with Gasteiger partial charge in [-0.2, -0.15) is 9.97 Å². The van der Waals surface area contributed by atoms with E-state index in [1.54, 1.807) is 12.1 Å². The maximum atomic E-state index is 13.6. The number of carbonyl (C=O) groups excluding carboxylic acids is 2. The Bertz CT molecular complexity index is 1750. The van der Waals surface area contributed by atoms with Crippen molar-refractivity contribution in [3.05, 3.63) is 83.6 Å². The minimum Gasteiger partial charge on any atom is -0.493 e. The zero-order valence-electron chi connectivity index (χ0n) is 25.6. The summed E-state index contributed by atoms with van der Waals surface area (Å²) in [7, 11) is 4.46. The number of carbonyl (C=O) groups is 2.